The lowest BCUT2D eigenvalue weighted by atomic mass is 10.1. The average Bonchev–Trinajstić information content (AvgIpc) is 2.96. The molecule has 3 heterocycles. The fourth-order valence-electron chi connectivity index (χ4n) is 3.06. The first-order chi connectivity index (χ1) is 11.8. The van der Waals surface area contributed by atoms with Gasteiger partial charge >= 0.3 is 6.09 Å². The number of thiophene rings is 1. The van der Waals surface area contributed by atoms with Crippen molar-refractivity contribution < 1.29 is 9.53 Å². The van der Waals surface area contributed by atoms with Crippen molar-refractivity contribution in [2.45, 2.75) is 52.7 Å². The number of fused-ring (bicyclic) bond motifs is 1. The van der Waals surface area contributed by atoms with Crippen LogP contribution in [0, 0.1) is 0 Å². The average molecular weight is 362 g/mol. The molecule has 1 saturated heterocycles. The molecule has 1 atom stereocenters. The third-order valence-electron chi connectivity index (χ3n) is 4.26. The number of amides is 1. The second kappa shape index (κ2) is 6.78. The molecule has 0 bridgehead atoms. The third-order valence-corrected chi connectivity index (χ3v) is 5.45. The van der Waals surface area contributed by atoms with Crippen LogP contribution in [0.2, 0.25) is 0 Å². The molecule has 6 nitrogen and oxygen atoms in total. The number of nitrogens with zero attached hydrogens (tertiary/aromatic N) is 4. The van der Waals surface area contributed by atoms with Crippen LogP contribution in [0.3, 0.4) is 0 Å². The van der Waals surface area contributed by atoms with Gasteiger partial charge in [-0.3, -0.25) is 0 Å². The molecule has 0 aliphatic carbocycles. The Balaban J connectivity index is 1.78. The molecular weight excluding hydrogens is 336 g/mol. The zero-order chi connectivity index (χ0) is 18.2. The highest BCUT2D eigenvalue weighted by molar-refractivity contribution is 7.18. The minimum absolute atomic E-state index is 0.171. The largest absolute Gasteiger partial charge is 0.444 e. The molecule has 7 heteroatoms. The van der Waals surface area contributed by atoms with Gasteiger partial charge in [0.05, 0.1) is 5.39 Å². The number of carbonyl (C=O) groups is 1. The molecule has 0 N–H and O–H groups in total. The van der Waals surface area contributed by atoms with Crippen LogP contribution in [0.5, 0.6) is 0 Å². The molecule has 2 aromatic heterocycles. The maximum atomic E-state index is 12.3. The second-order valence-electron chi connectivity index (χ2n) is 7.45. The van der Waals surface area contributed by atoms with Crippen LogP contribution in [0.1, 0.15) is 39.5 Å². The highest BCUT2D eigenvalue weighted by atomic mass is 32.1. The molecule has 0 spiro atoms. The van der Waals surface area contributed by atoms with Crippen LogP contribution in [0.4, 0.5) is 10.6 Å². The van der Waals surface area contributed by atoms with E-state index in [4.69, 9.17) is 4.74 Å². The van der Waals surface area contributed by atoms with Crippen LogP contribution in [0.25, 0.3) is 10.2 Å². The summed E-state index contributed by atoms with van der Waals surface area (Å²) in [6.07, 6.45) is 2.40. The van der Waals surface area contributed by atoms with E-state index in [1.165, 1.54) is 4.88 Å². The summed E-state index contributed by atoms with van der Waals surface area (Å²) in [5, 5.41) is 1.11. The molecule has 2 aromatic rings. The van der Waals surface area contributed by atoms with E-state index in [9.17, 15) is 4.79 Å². The van der Waals surface area contributed by atoms with Crippen molar-refractivity contribution >= 4 is 33.5 Å². The number of rotatable bonds is 2. The van der Waals surface area contributed by atoms with Gasteiger partial charge in [-0.05, 0) is 40.2 Å². The van der Waals surface area contributed by atoms with Crippen molar-refractivity contribution in [2.24, 2.45) is 0 Å². The van der Waals surface area contributed by atoms with Crippen molar-refractivity contribution in [2.75, 3.05) is 24.5 Å². The molecule has 1 unspecified atom stereocenters. The lowest BCUT2D eigenvalue weighted by molar-refractivity contribution is 0.0218. The minimum Gasteiger partial charge on any atom is -0.444 e. The highest BCUT2D eigenvalue weighted by Gasteiger charge is 2.31. The number of hydrogen-bond donors (Lipinski definition) is 0. The summed E-state index contributed by atoms with van der Waals surface area (Å²) >= 11 is 1.73. The molecule has 0 saturated carbocycles. The van der Waals surface area contributed by atoms with E-state index in [2.05, 4.69) is 34.8 Å². The molecule has 3 rings (SSSR count). The summed E-state index contributed by atoms with van der Waals surface area (Å²) in [6, 6.07) is 2.37. The van der Waals surface area contributed by atoms with Gasteiger partial charge in [-0.1, -0.05) is 6.92 Å². The van der Waals surface area contributed by atoms with Crippen LogP contribution in [-0.4, -0.2) is 52.2 Å². The summed E-state index contributed by atoms with van der Waals surface area (Å²) in [4.78, 5) is 27.7. The SMILES string of the molecule is CCc1cc2c(N3CCN(C(=O)OC(C)(C)C)CC3C)ncnc2s1. The highest BCUT2D eigenvalue weighted by Crippen LogP contribution is 2.32. The van der Waals surface area contributed by atoms with Crippen LogP contribution in [0.15, 0.2) is 12.4 Å². The van der Waals surface area contributed by atoms with E-state index in [1.807, 2.05) is 20.8 Å². The van der Waals surface area contributed by atoms with E-state index in [0.717, 1.165) is 29.0 Å². The van der Waals surface area contributed by atoms with E-state index >= 15 is 0 Å². The molecule has 1 amide bonds. The van der Waals surface area contributed by atoms with Crippen molar-refractivity contribution in [1.29, 1.82) is 0 Å². The lowest BCUT2D eigenvalue weighted by Crippen LogP contribution is -2.54. The number of aromatic nitrogens is 2. The third kappa shape index (κ3) is 3.86. The van der Waals surface area contributed by atoms with Crippen molar-refractivity contribution in [3.05, 3.63) is 17.3 Å². The zero-order valence-corrected chi connectivity index (χ0v) is 16.4. The Morgan fingerprint density at radius 1 is 1.36 bits per heavy atom. The first-order valence-electron chi connectivity index (χ1n) is 8.76. The number of piperazine rings is 1. The smallest absolute Gasteiger partial charge is 0.410 e. The molecule has 25 heavy (non-hydrogen) atoms. The molecular formula is C18H26N4O2S. The number of ether oxygens (including phenoxy) is 1. The predicted octanol–water partition coefficient (Wildman–Crippen LogP) is 3.70. The van der Waals surface area contributed by atoms with E-state index in [1.54, 1.807) is 22.6 Å². The number of hydrogen-bond acceptors (Lipinski definition) is 6. The Morgan fingerprint density at radius 3 is 2.76 bits per heavy atom. The van der Waals surface area contributed by atoms with Gasteiger partial charge in [0.15, 0.2) is 0 Å². The molecule has 136 valence electrons. The van der Waals surface area contributed by atoms with Crippen molar-refractivity contribution in [3.8, 4) is 0 Å². The van der Waals surface area contributed by atoms with Gasteiger partial charge in [-0.15, -0.1) is 11.3 Å². The first kappa shape index (κ1) is 17.9. The van der Waals surface area contributed by atoms with Gasteiger partial charge in [0, 0.05) is 30.6 Å². The number of aryl methyl sites for hydroxylation is 1. The van der Waals surface area contributed by atoms with Crippen LogP contribution >= 0.6 is 11.3 Å². The summed E-state index contributed by atoms with van der Waals surface area (Å²) in [5.74, 6) is 0.970. The Hall–Kier alpha value is -1.89. The maximum absolute atomic E-state index is 12.3. The summed E-state index contributed by atoms with van der Waals surface area (Å²) in [5.41, 5.74) is -0.469. The normalized spacial score (nSPS) is 18.7. The molecule has 1 aliphatic rings. The Bertz CT molecular complexity index is 768. The molecule has 1 fully saturated rings. The van der Waals surface area contributed by atoms with Crippen molar-refractivity contribution in [1.82, 2.24) is 14.9 Å². The zero-order valence-electron chi connectivity index (χ0n) is 15.6. The molecule has 0 aromatic carbocycles. The number of carbonyl (C=O) groups excluding carboxylic acids is 1. The maximum Gasteiger partial charge on any atom is 0.410 e. The summed E-state index contributed by atoms with van der Waals surface area (Å²) in [6.45, 7) is 12.0. The van der Waals surface area contributed by atoms with Gasteiger partial charge in [-0.25, -0.2) is 14.8 Å². The Kier molecular flexibility index (Phi) is 4.86. The topological polar surface area (TPSA) is 58.6 Å². The second-order valence-corrected chi connectivity index (χ2v) is 8.57. The molecule has 1 aliphatic heterocycles. The van der Waals surface area contributed by atoms with Gasteiger partial charge in [0.25, 0.3) is 0 Å². The lowest BCUT2D eigenvalue weighted by Gasteiger charge is -2.40. The van der Waals surface area contributed by atoms with Crippen molar-refractivity contribution in [3.63, 3.8) is 0 Å². The quantitative estimate of drug-likeness (QED) is 0.815. The Labute approximate surface area is 152 Å². The van der Waals surface area contributed by atoms with Gasteiger partial charge in [0.1, 0.15) is 22.6 Å². The van der Waals surface area contributed by atoms with E-state index in [-0.39, 0.29) is 12.1 Å². The minimum atomic E-state index is -0.469. The predicted molar refractivity (Wildman–Crippen MR) is 101 cm³/mol. The standard InChI is InChI=1S/C18H26N4O2S/c1-6-13-9-14-15(19-11-20-16(14)25-13)22-8-7-21(10-12(22)2)17(23)24-18(3,4)5/h9,11-12H,6-8,10H2,1-5H3. The summed E-state index contributed by atoms with van der Waals surface area (Å²) in [7, 11) is 0. The fourth-order valence-corrected chi connectivity index (χ4v) is 3.99. The molecule has 0 radical (unpaired) electrons. The van der Waals surface area contributed by atoms with Crippen LogP contribution < -0.4 is 4.90 Å². The Morgan fingerprint density at radius 2 is 2.12 bits per heavy atom. The number of anilines is 1. The first-order valence-corrected chi connectivity index (χ1v) is 9.58. The van der Waals surface area contributed by atoms with Gasteiger partial charge in [-0.2, -0.15) is 0 Å². The monoisotopic (exact) mass is 362 g/mol. The summed E-state index contributed by atoms with van der Waals surface area (Å²) < 4.78 is 5.50. The van der Waals surface area contributed by atoms with Crippen LogP contribution in [-0.2, 0) is 11.2 Å². The van der Waals surface area contributed by atoms with Gasteiger partial charge in [0.2, 0.25) is 0 Å². The fraction of sp³-hybridized carbons (Fsp3) is 0.611. The van der Waals surface area contributed by atoms with E-state index < -0.39 is 5.60 Å². The van der Waals surface area contributed by atoms with E-state index in [0.29, 0.717) is 13.1 Å². The van der Waals surface area contributed by atoms with Gasteiger partial charge < -0.3 is 14.5 Å².